The zero-order valence-electron chi connectivity index (χ0n) is 13.1. The van der Waals surface area contributed by atoms with Crippen molar-refractivity contribution in [3.05, 3.63) is 34.4 Å². The van der Waals surface area contributed by atoms with Gasteiger partial charge in [0.05, 0.1) is 12.0 Å². The summed E-state index contributed by atoms with van der Waals surface area (Å²) in [6.45, 7) is -0.526. The number of nitrogens with zero attached hydrogens (tertiary/aromatic N) is 1. The summed E-state index contributed by atoms with van der Waals surface area (Å²) in [6.07, 6.45) is -1.11. The Morgan fingerprint density at radius 3 is 2.16 bits per heavy atom. The van der Waals surface area contributed by atoms with Crippen molar-refractivity contribution in [2.24, 2.45) is 0 Å². The first-order valence-corrected chi connectivity index (χ1v) is 7.89. The molecule has 0 aliphatic carbocycles. The van der Waals surface area contributed by atoms with Crippen LogP contribution >= 0.6 is 7.82 Å². The Morgan fingerprint density at radius 2 is 1.68 bits per heavy atom. The van der Waals surface area contributed by atoms with Gasteiger partial charge in [-0.25, -0.2) is 18.4 Å². The number of hydrogen-bond acceptors (Lipinski definition) is 11. The fraction of sp³-hybridized carbons (Fsp3) is 0.333. The van der Waals surface area contributed by atoms with Crippen molar-refractivity contribution in [3.63, 3.8) is 0 Å². The van der Waals surface area contributed by atoms with Crippen LogP contribution in [0.5, 0.6) is 5.75 Å². The number of nitro benzene ring substituents is 1. The van der Waals surface area contributed by atoms with Crippen molar-refractivity contribution in [1.82, 2.24) is 0 Å². The standard InChI is InChI=1S/C12H14NO11P/c1-9(14)20-7-22-25(18,23-8-21-12(15)19-2)24-11-5-3-10(4-6-11)13(16)17/h3-6H,7-8H2,1-2H3. The van der Waals surface area contributed by atoms with E-state index in [1.807, 2.05) is 0 Å². The molecule has 0 amide bonds. The van der Waals surface area contributed by atoms with Crippen LogP contribution in [-0.2, 0) is 32.6 Å². The van der Waals surface area contributed by atoms with Crippen molar-refractivity contribution in [2.75, 3.05) is 20.7 Å². The zero-order valence-corrected chi connectivity index (χ0v) is 14.0. The summed E-state index contributed by atoms with van der Waals surface area (Å²) >= 11 is 0. The van der Waals surface area contributed by atoms with Crippen LogP contribution in [0.3, 0.4) is 0 Å². The van der Waals surface area contributed by atoms with Gasteiger partial charge in [-0.05, 0) is 12.1 Å². The lowest BCUT2D eigenvalue weighted by molar-refractivity contribution is -0.384. The highest BCUT2D eigenvalue weighted by Crippen LogP contribution is 2.49. The predicted octanol–water partition coefficient (Wildman–Crippen LogP) is 2.38. The van der Waals surface area contributed by atoms with E-state index in [1.165, 1.54) is 0 Å². The minimum absolute atomic E-state index is 0.102. The SMILES string of the molecule is COC(=O)OCOP(=O)(OCOC(C)=O)Oc1ccc([N+](=O)[O-])cc1. The minimum atomic E-state index is -4.38. The maximum atomic E-state index is 12.4. The van der Waals surface area contributed by atoms with Gasteiger partial charge in [0, 0.05) is 19.1 Å². The molecule has 1 rings (SSSR count). The van der Waals surface area contributed by atoms with Gasteiger partial charge < -0.3 is 18.7 Å². The van der Waals surface area contributed by atoms with E-state index in [-0.39, 0.29) is 11.4 Å². The number of hydrogen-bond donors (Lipinski definition) is 0. The minimum Gasteiger partial charge on any atom is -0.438 e. The van der Waals surface area contributed by atoms with Gasteiger partial charge in [0.1, 0.15) is 5.75 Å². The summed E-state index contributed by atoms with van der Waals surface area (Å²) in [4.78, 5) is 31.5. The molecule has 0 aliphatic rings. The van der Waals surface area contributed by atoms with Gasteiger partial charge in [0.2, 0.25) is 13.6 Å². The lowest BCUT2D eigenvalue weighted by Gasteiger charge is -2.17. The first-order chi connectivity index (χ1) is 11.8. The molecule has 1 atom stereocenters. The molecule has 13 heteroatoms. The number of phosphoric ester groups is 1. The van der Waals surface area contributed by atoms with Crippen LogP contribution in [0.25, 0.3) is 0 Å². The Kier molecular flexibility index (Phi) is 7.79. The molecular weight excluding hydrogens is 365 g/mol. The normalized spacial score (nSPS) is 12.6. The van der Waals surface area contributed by atoms with Crippen LogP contribution in [0.2, 0.25) is 0 Å². The molecule has 0 radical (unpaired) electrons. The van der Waals surface area contributed by atoms with Crippen molar-refractivity contribution in [1.29, 1.82) is 0 Å². The van der Waals surface area contributed by atoms with Crippen LogP contribution in [0.1, 0.15) is 6.92 Å². The number of nitro groups is 1. The maximum absolute atomic E-state index is 12.4. The molecule has 1 unspecified atom stereocenters. The fourth-order valence-corrected chi connectivity index (χ4v) is 2.14. The third-order valence-electron chi connectivity index (χ3n) is 2.29. The van der Waals surface area contributed by atoms with E-state index >= 15 is 0 Å². The second-order valence-electron chi connectivity index (χ2n) is 4.02. The number of rotatable bonds is 9. The molecule has 0 fully saturated rings. The highest BCUT2D eigenvalue weighted by molar-refractivity contribution is 7.48. The van der Waals surface area contributed by atoms with Gasteiger partial charge in [-0.3, -0.25) is 14.9 Å². The van der Waals surface area contributed by atoms with Crippen LogP contribution < -0.4 is 4.52 Å². The van der Waals surface area contributed by atoms with Gasteiger partial charge in [0.15, 0.2) is 0 Å². The Hall–Kier alpha value is -2.69. The lowest BCUT2D eigenvalue weighted by Crippen LogP contribution is -2.12. The molecule has 0 heterocycles. The van der Waals surface area contributed by atoms with Gasteiger partial charge >= 0.3 is 19.9 Å². The Balaban J connectivity index is 2.77. The third-order valence-corrected chi connectivity index (χ3v) is 3.57. The summed E-state index contributed by atoms with van der Waals surface area (Å²) in [7, 11) is -3.33. The Labute approximate surface area is 141 Å². The first-order valence-electron chi connectivity index (χ1n) is 6.43. The second-order valence-corrected chi connectivity index (χ2v) is 5.61. The summed E-state index contributed by atoms with van der Waals surface area (Å²) < 4.78 is 39.9. The van der Waals surface area contributed by atoms with Crippen molar-refractivity contribution >= 4 is 25.6 Å². The molecule has 0 spiro atoms. The number of non-ortho nitro benzene ring substituents is 1. The summed E-state index contributed by atoms with van der Waals surface area (Å²) in [5.74, 6) is -0.817. The van der Waals surface area contributed by atoms with E-state index in [2.05, 4.69) is 14.2 Å². The average Bonchev–Trinajstić information content (AvgIpc) is 2.54. The van der Waals surface area contributed by atoms with Crippen molar-refractivity contribution in [3.8, 4) is 5.75 Å². The molecule has 25 heavy (non-hydrogen) atoms. The van der Waals surface area contributed by atoms with E-state index in [0.29, 0.717) is 0 Å². The maximum Gasteiger partial charge on any atom is 0.535 e. The van der Waals surface area contributed by atoms with E-state index in [0.717, 1.165) is 38.3 Å². The molecule has 0 N–H and O–H groups in total. The summed E-state index contributed by atoms with van der Waals surface area (Å²) in [6, 6.07) is 4.47. The Morgan fingerprint density at radius 1 is 1.12 bits per heavy atom. The van der Waals surface area contributed by atoms with Crippen molar-refractivity contribution < 1.29 is 46.9 Å². The van der Waals surface area contributed by atoms with Gasteiger partial charge in [-0.2, -0.15) is 0 Å². The fourth-order valence-electron chi connectivity index (χ4n) is 1.22. The molecule has 0 saturated heterocycles. The molecular formula is C12H14NO11P. The van der Waals surface area contributed by atoms with Crippen LogP contribution in [-0.4, -0.2) is 37.7 Å². The van der Waals surface area contributed by atoms with Crippen molar-refractivity contribution in [2.45, 2.75) is 6.92 Å². The number of carbonyl (C=O) groups excluding carboxylic acids is 2. The van der Waals surface area contributed by atoms with E-state index in [1.54, 1.807) is 0 Å². The summed E-state index contributed by atoms with van der Waals surface area (Å²) in [5, 5.41) is 10.6. The highest BCUT2D eigenvalue weighted by Gasteiger charge is 2.30. The zero-order chi connectivity index (χ0) is 18.9. The van der Waals surface area contributed by atoms with Gasteiger partial charge in [-0.15, -0.1) is 0 Å². The number of benzene rings is 1. The molecule has 0 saturated carbocycles. The smallest absolute Gasteiger partial charge is 0.438 e. The quantitative estimate of drug-likeness (QED) is 0.204. The molecule has 1 aromatic carbocycles. The van der Waals surface area contributed by atoms with E-state index in [9.17, 15) is 24.3 Å². The Bertz CT molecular complexity index is 660. The lowest BCUT2D eigenvalue weighted by atomic mass is 10.3. The number of methoxy groups -OCH3 is 1. The predicted molar refractivity (Wildman–Crippen MR) is 78.5 cm³/mol. The third kappa shape index (κ3) is 7.61. The molecule has 12 nitrogen and oxygen atoms in total. The monoisotopic (exact) mass is 379 g/mol. The van der Waals surface area contributed by atoms with Crippen LogP contribution in [0.15, 0.2) is 24.3 Å². The molecule has 0 aliphatic heterocycles. The van der Waals surface area contributed by atoms with Gasteiger partial charge in [0.25, 0.3) is 5.69 Å². The number of carbonyl (C=O) groups is 2. The van der Waals surface area contributed by atoms with Gasteiger partial charge in [-0.1, -0.05) is 0 Å². The van der Waals surface area contributed by atoms with E-state index in [4.69, 9.17) is 13.6 Å². The summed E-state index contributed by atoms with van der Waals surface area (Å²) in [5.41, 5.74) is -0.224. The number of esters is 1. The first kappa shape index (κ1) is 20.4. The average molecular weight is 379 g/mol. The van der Waals surface area contributed by atoms with E-state index < -0.39 is 38.5 Å². The van der Waals surface area contributed by atoms with Crippen LogP contribution in [0, 0.1) is 10.1 Å². The molecule has 0 aromatic heterocycles. The largest absolute Gasteiger partial charge is 0.535 e. The second kappa shape index (κ2) is 9.57. The highest BCUT2D eigenvalue weighted by atomic mass is 31.2. The number of phosphoric acid groups is 1. The molecule has 0 bridgehead atoms. The molecule has 138 valence electrons. The van der Waals surface area contributed by atoms with Crippen LogP contribution in [0.4, 0.5) is 10.5 Å². The topological polar surface area (TPSA) is 150 Å². The number of ether oxygens (including phenoxy) is 3. The molecule has 1 aromatic rings.